The van der Waals surface area contributed by atoms with Crippen LogP contribution < -0.4 is 15.0 Å². The van der Waals surface area contributed by atoms with E-state index in [2.05, 4.69) is 15.4 Å². The van der Waals surface area contributed by atoms with Gasteiger partial charge < -0.3 is 15.0 Å². The van der Waals surface area contributed by atoms with Gasteiger partial charge in [0, 0.05) is 46.0 Å². The van der Waals surface area contributed by atoms with Gasteiger partial charge in [-0.1, -0.05) is 11.3 Å². The van der Waals surface area contributed by atoms with E-state index in [1.54, 1.807) is 23.1 Å². The maximum Gasteiger partial charge on any atom is 0.230 e. The Morgan fingerprint density at radius 3 is 2.79 bits per heavy atom. The smallest absolute Gasteiger partial charge is 0.230 e. The molecule has 0 spiro atoms. The van der Waals surface area contributed by atoms with E-state index in [0.717, 1.165) is 23.1 Å². The topological polar surface area (TPSA) is 55.2 Å². The Labute approximate surface area is 117 Å². The van der Waals surface area contributed by atoms with Crippen LogP contribution in [-0.2, 0) is 20.1 Å². The maximum atomic E-state index is 5.30. The molecule has 0 saturated heterocycles. The highest BCUT2D eigenvalue weighted by Gasteiger charge is 2.12. The van der Waals surface area contributed by atoms with Crippen molar-refractivity contribution >= 4 is 16.5 Å². The molecule has 0 aromatic carbocycles. The van der Waals surface area contributed by atoms with Crippen molar-refractivity contribution in [1.82, 2.24) is 20.1 Å². The molecule has 0 aliphatic rings. The Morgan fingerprint density at radius 2 is 2.21 bits per heavy atom. The number of nitrogens with one attached hydrogen (secondary N) is 1. The van der Waals surface area contributed by atoms with E-state index < -0.39 is 0 Å². The van der Waals surface area contributed by atoms with Crippen LogP contribution in [0.3, 0.4) is 0 Å². The first-order valence-corrected chi connectivity index (χ1v) is 6.81. The molecule has 2 heterocycles. The SMILES string of the molecule is COc1nc(N(C)C)sc1CNCc1cnn(C)c1. The van der Waals surface area contributed by atoms with Crippen molar-refractivity contribution in [1.29, 1.82) is 0 Å². The van der Waals surface area contributed by atoms with Crippen LogP contribution in [0.1, 0.15) is 10.4 Å². The van der Waals surface area contributed by atoms with Crippen molar-refractivity contribution in [2.24, 2.45) is 7.05 Å². The molecule has 0 fully saturated rings. The number of aromatic nitrogens is 3. The summed E-state index contributed by atoms with van der Waals surface area (Å²) >= 11 is 1.64. The van der Waals surface area contributed by atoms with Gasteiger partial charge in [0.25, 0.3) is 0 Å². The van der Waals surface area contributed by atoms with E-state index in [4.69, 9.17) is 4.74 Å². The Balaban J connectivity index is 1.95. The van der Waals surface area contributed by atoms with Gasteiger partial charge in [-0.15, -0.1) is 0 Å². The van der Waals surface area contributed by atoms with Crippen LogP contribution in [0, 0.1) is 0 Å². The highest BCUT2D eigenvalue weighted by molar-refractivity contribution is 7.15. The Hall–Kier alpha value is -1.60. The summed E-state index contributed by atoms with van der Waals surface area (Å²) in [4.78, 5) is 7.51. The lowest BCUT2D eigenvalue weighted by Crippen LogP contribution is -2.11. The number of aryl methyl sites for hydroxylation is 1. The minimum absolute atomic E-state index is 0.701. The number of ether oxygens (including phenoxy) is 1. The summed E-state index contributed by atoms with van der Waals surface area (Å²) in [7, 11) is 7.52. The normalized spacial score (nSPS) is 10.7. The van der Waals surface area contributed by atoms with E-state index >= 15 is 0 Å². The predicted octanol–water partition coefficient (Wildman–Crippen LogP) is 1.24. The number of nitrogens with zero attached hydrogens (tertiary/aromatic N) is 4. The standard InChI is InChI=1S/C12H19N5OS/c1-16(2)12-15-11(18-4)10(19-12)7-13-5-9-6-14-17(3)8-9/h6,8,13H,5,7H2,1-4H3. The summed E-state index contributed by atoms with van der Waals surface area (Å²) in [5.74, 6) is 0.701. The minimum Gasteiger partial charge on any atom is -0.480 e. The molecule has 0 aliphatic heterocycles. The van der Waals surface area contributed by atoms with Crippen LogP contribution in [0.15, 0.2) is 12.4 Å². The Morgan fingerprint density at radius 1 is 1.42 bits per heavy atom. The molecule has 0 amide bonds. The summed E-state index contributed by atoms with van der Waals surface area (Å²) in [5, 5.41) is 8.47. The van der Waals surface area contributed by atoms with Crippen molar-refractivity contribution in [3.8, 4) is 5.88 Å². The number of thiazole rings is 1. The van der Waals surface area contributed by atoms with Crippen LogP contribution in [-0.4, -0.2) is 36.0 Å². The van der Waals surface area contributed by atoms with Gasteiger partial charge in [0.1, 0.15) is 0 Å². The van der Waals surface area contributed by atoms with Crippen LogP contribution in [0.4, 0.5) is 5.13 Å². The lowest BCUT2D eigenvalue weighted by Gasteiger charge is -2.05. The molecule has 1 N–H and O–H groups in total. The molecule has 0 saturated carbocycles. The van der Waals surface area contributed by atoms with E-state index in [1.165, 1.54) is 5.56 Å². The fourth-order valence-corrected chi connectivity index (χ4v) is 2.59. The second-order valence-electron chi connectivity index (χ2n) is 4.45. The highest BCUT2D eigenvalue weighted by atomic mass is 32.1. The summed E-state index contributed by atoms with van der Waals surface area (Å²) < 4.78 is 7.10. The van der Waals surface area contributed by atoms with Gasteiger partial charge in [-0.05, 0) is 0 Å². The number of hydrogen-bond donors (Lipinski definition) is 1. The Kier molecular flexibility index (Phi) is 4.39. The van der Waals surface area contributed by atoms with Crippen molar-refractivity contribution < 1.29 is 4.74 Å². The first-order chi connectivity index (χ1) is 9.10. The molecule has 7 heteroatoms. The molecule has 0 aliphatic carbocycles. The third-order valence-electron chi connectivity index (χ3n) is 2.60. The van der Waals surface area contributed by atoms with Gasteiger partial charge in [-0.3, -0.25) is 4.68 Å². The van der Waals surface area contributed by atoms with E-state index in [9.17, 15) is 0 Å². The number of anilines is 1. The molecule has 2 aromatic heterocycles. The van der Waals surface area contributed by atoms with Crippen molar-refractivity contribution in [3.63, 3.8) is 0 Å². The van der Waals surface area contributed by atoms with Crippen LogP contribution in [0.25, 0.3) is 0 Å². The van der Waals surface area contributed by atoms with Gasteiger partial charge in [0.05, 0.1) is 18.2 Å². The zero-order valence-corrected chi connectivity index (χ0v) is 12.5. The fraction of sp³-hybridized carbons (Fsp3) is 0.500. The number of methoxy groups -OCH3 is 1. The first kappa shape index (κ1) is 13.8. The molecule has 0 atom stereocenters. The monoisotopic (exact) mass is 281 g/mol. The summed E-state index contributed by atoms with van der Waals surface area (Å²) in [6.45, 7) is 1.52. The average molecular weight is 281 g/mol. The van der Waals surface area contributed by atoms with E-state index in [-0.39, 0.29) is 0 Å². The molecule has 0 radical (unpaired) electrons. The van der Waals surface area contributed by atoms with Crippen LogP contribution in [0.5, 0.6) is 5.88 Å². The minimum atomic E-state index is 0.701. The third kappa shape index (κ3) is 3.45. The van der Waals surface area contributed by atoms with Gasteiger partial charge in [-0.2, -0.15) is 10.1 Å². The molecule has 104 valence electrons. The maximum absolute atomic E-state index is 5.30. The molecule has 6 nitrogen and oxygen atoms in total. The highest BCUT2D eigenvalue weighted by Crippen LogP contribution is 2.30. The molecule has 0 unspecified atom stereocenters. The lowest BCUT2D eigenvalue weighted by molar-refractivity contribution is 0.394. The quantitative estimate of drug-likeness (QED) is 0.863. The summed E-state index contributed by atoms with van der Waals surface area (Å²) in [5.41, 5.74) is 1.17. The van der Waals surface area contributed by atoms with Crippen molar-refractivity contribution in [2.75, 3.05) is 26.1 Å². The van der Waals surface area contributed by atoms with E-state index in [1.807, 2.05) is 38.4 Å². The van der Waals surface area contributed by atoms with Crippen LogP contribution in [0.2, 0.25) is 0 Å². The predicted molar refractivity (Wildman–Crippen MR) is 76.7 cm³/mol. The fourth-order valence-electron chi connectivity index (χ4n) is 1.67. The average Bonchev–Trinajstić information content (AvgIpc) is 2.96. The Bertz CT molecular complexity index is 534. The molecule has 2 rings (SSSR count). The summed E-state index contributed by atoms with van der Waals surface area (Å²) in [6.07, 6.45) is 3.87. The number of rotatable bonds is 6. The number of hydrogen-bond acceptors (Lipinski definition) is 6. The van der Waals surface area contributed by atoms with Gasteiger partial charge in [0.2, 0.25) is 5.88 Å². The van der Waals surface area contributed by atoms with Gasteiger partial charge >= 0.3 is 0 Å². The van der Waals surface area contributed by atoms with Gasteiger partial charge in [0.15, 0.2) is 5.13 Å². The molecule has 19 heavy (non-hydrogen) atoms. The molecular formula is C12H19N5OS. The third-order valence-corrected chi connectivity index (χ3v) is 3.80. The van der Waals surface area contributed by atoms with Crippen molar-refractivity contribution in [3.05, 3.63) is 22.8 Å². The van der Waals surface area contributed by atoms with Crippen LogP contribution >= 0.6 is 11.3 Å². The molecule has 2 aromatic rings. The summed E-state index contributed by atoms with van der Waals surface area (Å²) in [6, 6.07) is 0. The van der Waals surface area contributed by atoms with Gasteiger partial charge in [-0.25, -0.2) is 0 Å². The zero-order chi connectivity index (χ0) is 13.8. The second-order valence-corrected chi connectivity index (χ2v) is 5.51. The largest absolute Gasteiger partial charge is 0.480 e. The second kappa shape index (κ2) is 6.03. The lowest BCUT2D eigenvalue weighted by atomic mass is 10.3. The zero-order valence-electron chi connectivity index (χ0n) is 11.7. The molecular weight excluding hydrogens is 262 g/mol. The first-order valence-electron chi connectivity index (χ1n) is 5.99. The molecule has 0 bridgehead atoms. The van der Waals surface area contributed by atoms with E-state index in [0.29, 0.717) is 5.88 Å². The van der Waals surface area contributed by atoms with Crippen molar-refractivity contribution in [2.45, 2.75) is 13.1 Å².